The van der Waals surface area contributed by atoms with Gasteiger partial charge in [-0.1, -0.05) is 18.0 Å². The average Bonchev–Trinajstić information content (AvgIpc) is 2.45. The van der Waals surface area contributed by atoms with E-state index in [1.165, 1.54) is 25.0 Å². The number of hydrogen-bond acceptors (Lipinski definition) is 2. The minimum atomic E-state index is 0.248. The van der Waals surface area contributed by atoms with Gasteiger partial charge < -0.3 is 5.73 Å². The van der Waals surface area contributed by atoms with E-state index in [1.54, 1.807) is 6.20 Å². The van der Waals surface area contributed by atoms with Crippen LogP contribution in [0.5, 0.6) is 0 Å². The molecule has 0 bridgehead atoms. The summed E-state index contributed by atoms with van der Waals surface area (Å²) in [6.45, 7) is 2.68. The molecule has 3 nitrogen and oxygen atoms in total. The molecule has 0 radical (unpaired) electrons. The van der Waals surface area contributed by atoms with Gasteiger partial charge >= 0.3 is 0 Å². The zero-order valence-corrected chi connectivity index (χ0v) is 9.17. The van der Waals surface area contributed by atoms with E-state index in [9.17, 15) is 0 Å². The average molecular weight is 214 g/mol. The smallest absolute Gasteiger partial charge is 0.0820 e. The summed E-state index contributed by atoms with van der Waals surface area (Å²) in [6, 6.07) is 0.248. The molecule has 0 aliphatic heterocycles. The summed E-state index contributed by atoms with van der Waals surface area (Å²) in [5, 5.41) is 5.10. The Morgan fingerprint density at radius 2 is 2.43 bits per heavy atom. The number of nitrogens with two attached hydrogens (primary N) is 1. The van der Waals surface area contributed by atoms with E-state index in [-0.39, 0.29) is 6.04 Å². The summed E-state index contributed by atoms with van der Waals surface area (Å²) in [4.78, 5) is 0. The highest BCUT2D eigenvalue weighted by Crippen LogP contribution is 2.40. The van der Waals surface area contributed by atoms with E-state index in [2.05, 4.69) is 12.0 Å². The minimum Gasteiger partial charge on any atom is -0.328 e. The molecule has 1 aromatic rings. The molecule has 1 aliphatic rings. The van der Waals surface area contributed by atoms with Gasteiger partial charge in [0.25, 0.3) is 0 Å². The Morgan fingerprint density at radius 3 is 2.93 bits per heavy atom. The summed E-state index contributed by atoms with van der Waals surface area (Å²) in [5.74, 6) is 0.610. The van der Waals surface area contributed by atoms with Crippen LogP contribution in [0.2, 0.25) is 5.02 Å². The van der Waals surface area contributed by atoms with Crippen LogP contribution in [-0.2, 0) is 0 Å². The Hall–Kier alpha value is -0.540. The molecule has 1 fully saturated rings. The van der Waals surface area contributed by atoms with Crippen molar-refractivity contribution < 1.29 is 0 Å². The zero-order chi connectivity index (χ0) is 10.1. The standard InChI is InChI=1S/C10H16ClN3/c1-7(5-12)14-10(8-3-2-4-8)9(11)6-13-14/h6-8H,2-5,12H2,1H3. The lowest BCUT2D eigenvalue weighted by Crippen LogP contribution is -2.22. The van der Waals surface area contributed by atoms with E-state index in [4.69, 9.17) is 17.3 Å². The molecule has 2 N–H and O–H groups in total. The topological polar surface area (TPSA) is 43.8 Å². The minimum absolute atomic E-state index is 0.248. The maximum absolute atomic E-state index is 6.13. The van der Waals surface area contributed by atoms with Crippen LogP contribution < -0.4 is 5.73 Å². The second-order valence-corrected chi connectivity index (χ2v) is 4.44. The third-order valence-electron chi connectivity index (χ3n) is 3.04. The van der Waals surface area contributed by atoms with Crippen LogP contribution in [-0.4, -0.2) is 16.3 Å². The van der Waals surface area contributed by atoms with Crippen molar-refractivity contribution in [1.82, 2.24) is 9.78 Å². The number of halogens is 1. The molecule has 2 rings (SSSR count). The molecule has 0 spiro atoms. The third kappa shape index (κ3) is 1.55. The Labute approximate surface area is 89.2 Å². The highest BCUT2D eigenvalue weighted by molar-refractivity contribution is 6.31. The molecule has 1 atom stereocenters. The van der Waals surface area contributed by atoms with Crippen molar-refractivity contribution in [3.8, 4) is 0 Å². The Bertz CT molecular complexity index is 317. The Morgan fingerprint density at radius 1 is 1.71 bits per heavy atom. The first-order valence-electron chi connectivity index (χ1n) is 5.17. The van der Waals surface area contributed by atoms with Gasteiger partial charge in [0.15, 0.2) is 0 Å². The predicted octanol–water partition coefficient (Wildman–Crippen LogP) is 2.32. The number of nitrogens with zero attached hydrogens (tertiary/aromatic N) is 2. The molecule has 4 heteroatoms. The normalized spacial score (nSPS) is 19.4. The number of rotatable bonds is 3. The van der Waals surface area contributed by atoms with Crippen LogP contribution in [0.4, 0.5) is 0 Å². The van der Waals surface area contributed by atoms with Gasteiger partial charge in [0.1, 0.15) is 0 Å². The monoisotopic (exact) mass is 213 g/mol. The maximum Gasteiger partial charge on any atom is 0.0820 e. The van der Waals surface area contributed by atoms with Crippen LogP contribution >= 0.6 is 11.6 Å². The highest BCUT2D eigenvalue weighted by atomic mass is 35.5. The van der Waals surface area contributed by atoms with E-state index in [1.807, 2.05) is 4.68 Å². The van der Waals surface area contributed by atoms with E-state index in [0.717, 1.165) is 5.02 Å². The molecule has 0 saturated heterocycles. The molecule has 1 aliphatic carbocycles. The fourth-order valence-electron chi connectivity index (χ4n) is 1.87. The molecule has 1 heterocycles. The quantitative estimate of drug-likeness (QED) is 0.838. The van der Waals surface area contributed by atoms with Crippen LogP contribution in [0.3, 0.4) is 0 Å². The summed E-state index contributed by atoms with van der Waals surface area (Å²) in [5.41, 5.74) is 6.83. The molecule has 78 valence electrons. The van der Waals surface area contributed by atoms with E-state index < -0.39 is 0 Å². The molecule has 0 amide bonds. The molecule has 1 unspecified atom stereocenters. The van der Waals surface area contributed by atoms with Gasteiger partial charge in [0.05, 0.1) is 23.0 Å². The zero-order valence-electron chi connectivity index (χ0n) is 8.41. The van der Waals surface area contributed by atoms with Crippen molar-refractivity contribution in [1.29, 1.82) is 0 Å². The lowest BCUT2D eigenvalue weighted by molar-refractivity contribution is 0.371. The van der Waals surface area contributed by atoms with Gasteiger partial charge in [-0.05, 0) is 19.8 Å². The molecule has 1 saturated carbocycles. The van der Waals surface area contributed by atoms with Crippen molar-refractivity contribution >= 4 is 11.6 Å². The van der Waals surface area contributed by atoms with Gasteiger partial charge in [0, 0.05) is 12.5 Å². The van der Waals surface area contributed by atoms with E-state index >= 15 is 0 Å². The number of aromatic nitrogens is 2. The summed E-state index contributed by atoms with van der Waals surface area (Å²) in [6.07, 6.45) is 5.52. The lowest BCUT2D eigenvalue weighted by Gasteiger charge is -2.28. The van der Waals surface area contributed by atoms with Crippen LogP contribution in [0.25, 0.3) is 0 Å². The van der Waals surface area contributed by atoms with Gasteiger partial charge in [-0.3, -0.25) is 4.68 Å². The highest BCUT2D eigenvalue weighted by Gasteiger charge is 2.27. The molecular formula is C10H16ClN3. The summed E-state index contributed by atoms with van der Waals surface area (Å²) in [7, 11) is 0. The number of hydrogen-bond donors (Lipinski definition) is 1. The van der Waals surface area contributed by atoms with Crippen LogP contribution in [0.1, 0.15) is 43.8 Å². The first kappa shape index (κ1) is 9.99. The Kier molecular flexibility index (Phi) is 2.79. The molecular weight excluding hydrogens is 198 g/mol. The van der Waals surface area contributed by atoms with Gasteiger partial charge in [-0.2, -0.15) is 5.10 Å². The van der Waals surface area contributed by atoms with Crippen LogP contribution in [0.15, 0.2) is 6.20 Å². The van der Waals surface area contributed by atoms with Gasteiger partial charge in [0.2, 0.25) is 0 Å². The first-order valence-corrected chi connectivity index (χ1v) is 5.54. The van der Waals surface area contributed by atoms with Gasteiger partial charge in [-0.25, -0.2) is 0 Å². The summed E-state index contributed by atoms with van der Waals surface area (Å²) < 4.78 is 1.99. The van der Waals surface area contributed by atoms with E-state index in [0.29, 0.717) is 12.5 Å². The predicted molar refractivity (Wildman–Crippen MR) is 57.6 cm³/mol. The molecule has 0 aromatic carbocycles. The lowest BCUT2D eigenvalue weighted by atomic mass is 9.83. The second-order valence-electron chi connectivity index (χ2n) is 4.03. The Balaban J connectivity index is 2.30. The fraction of sp³-hybridized carbons (Fsp3) is 0.700. The van der Waals surface area contributed by atoms with Crippen molar-refractivity contribution in [2.45, 2.75) is 38.1 Å². The molecule has 1 aromatic heterocycles. The summed E-state index contributed by atoms with van der Waals surface area (Å²) >= 11 is 6.13. The fourth-order valence-corrected chi connectivity index (χ4v) is 2.15. The van der Waals surface area contributed by atoms with Crippen molar-refractivity contribution in [3.05, 3.63) is 16.9 Å². The van der Waals surface area contributed by atoms with Crippen molar-refractivity contribution in [3.63, 3.8) is 0 Å². The van der Waals surface area contributed by atoms with Crippen molar-refractivity contribution in [2.24, 2.45) is 5.73 Å². The van der Waals surface area contributed by atoms with Crippen molar-refractivity contribution in [2.75, 3.05) is 6.54 Å². The molecule has 14 heavy (non-hydrogen) atoms. The maximum atomic E-state index is 6.13. The first-order chi connectivity index (χ1) is 6.74. The van der Waals surface area contributed by atoms with Gasteiger partial charge in [-0.15, -0.1) is 0 Å². The largest absolute Gasteiger partial charge is 0.328 e. The third-order valence-corrected chi connectivity index (χ3v) is 3.33. The van der Waals surface area contributed by atoms with Crippen LogP contribution in [0, 0.1) is 0 Å². The second kappa shape index (κ2) is 3.91. The SMILES string of the molecule is CC(CN)n1ncc(Cl)c1C1CCC1.